The molecule has 96 valence electrons. The molecule has 0 saturated heterocycles. The van der Waals surface area contributed by atoms with Gasteiger partial charge in [0.1, 0.15) is 6.61 Å². The van der Waals surface area contributed by atoms with Crippen LogP contribution < -0.4 is 11.2 Å². The lowest BCUT2D eigenvalue weighted by Gasteiger charge is -2.05. The fourth-order valence-corrected chi connectivity index (χ4v) is 1.23. The van der Waals surface area contributed by atoms with Crippen LogP contribution in [0.2, 0.25) is 0 Å². The first-order chi connectivity index (χ1) is 8.58. The number of esters is 1. The molecule has 3 N–H and O–H groups in total. The number of thiocarbonyl (C=S) groups is 1. The molecule has 0 bridgehead atoms. The van der Waals surface area contributed by atoms with Gasteiger partial charge in [-0.25, -0.2) is 0 Å². The fraction of sp³-hybridized carbons (Fsp3) is 0.250. The maximum Gasteiger partial charge on any atom is 0.311 e. The number of nitrogens with zero attached hydrogens (tertiary/aromatic N) is 1. The molecule has 5 nitrogen and oxygen atoms in total. The van der Waals surface area contributed by atoms with Gasteiger partial charge in [0.05, 0.1) is 6.42 Å². The molecule has 1 aromatic rings. The molecule has 0 heterocycles. The van der Waals surface area contributed by atoms with Gasteiger partial charge in [0.2, 0.25) is 0 Å². The molecule has 18 heavy (non-hydrogen) atoms. The van der Waals surface area contributed by atoms with E-state index in [1.807, 2.05) is 30.3 Å². The molecule has 0 atom stereocenters. The average molecular weight is 265 g/mol. The minimum absolute atomic E-state index is 0.0620. The lowest BCUT2D eigenvalue weighted by Crippen LogP contribution is -2.25. The van der Waals surface area contributed by atoms with E-state index in [9.17, 15) is 4.79 Å². The van der Waals surface area contributed by atoms with Gasteiger partial charge in [0, 0.05) is 5.71 Å². The van der Waals surface area contributed by atoms with Crippen LogP contribution in [0.1, 0.15) is 18.9 Å². The Morgan fingerprint density at radius 3 is 2.72 bits per heavy atom. The minimum Gasteiger partial charge on any atom is -0.461 e. The quantitative estimate of drug-likeness (QED) is 0.363. The van der Waals surface area contributed by atoms with Crippen molar-refractivity contribution in [1.29, 1.82) is 0 Å². The lowest BCUT2D eigenvalue weighted by molar-refractivity contribution is -0.143. The number of carbonyl (C=O) groups is 1. The maximum absolute atomic E-state index is 11.5. The summed E-state index contributed by atoms with van der Waals surface area (Å²) >= 11 is 4.59. The number of nitrogens with one attached hydrogen (secondary N) is 1. The number of hydrogen-bond donors (Lipinski definition) is 2. The van der Waals surface area contributed by atoms with E-state index in [0.29, 0.717) is 5.71 Å². The van der Waals surface area contributed by atoms with Crippen LogP contribution in [0.25, 0.3) is 0 Å². The predicted molar refractivity (Wildman–Crippen MR) is 73.9 cm³/mol. The number of carbonyl (C=O) groups excluding carboxylic acids is 1. The number of ether oxygens (including phenoxy) is 1. The Bertz CT molecular complexity index is 446. The molecule has 0 saturated carbocycles. The molecule has 0 spiro atoms. The summed E-state index contributed by atoms with van der Waals surface area (Å²) in [5.41, 5.74) is 9.12. The zero-order valence-electron chi connectivity index (χ0n) is 10.1. The van der Waals surface area contributed by atoms with Crippen molar-refractivity contribution in [2.45, 2.75) is 20.0 Å². The molecule has 1 aromatic carbocycles. The van der Waals surface area contributed by atoms with E-state index in [1.165, 1.54) is 0 Å². The van der Waals surface area contributed by atoms with Crippen molar-refractivity contribution in [2.75, 3.05) is 0 Å². The SMILES string of the molecule is C/C(CC(=O)OCc1ccccc1)=N\NC(N)=S. The largest absolute Gasteiger partial charge is 0.461 e. The van der Waals surface area contributed by atoms with Gasteiger partial charge in [-0.3, -0.25) is 10.2 Å². The Hall–Kier alpha value is -1.95. The summed E-state index contributed by atoms with van der Waals surface area (Å²) in [6.07, 6.45) is 0.0996. The van der Waals surface area contributed by atoms with Crippen LogP contribution in [-0.2, 0) is 16.1 Å². The fourth-order valence-electron chi connectivity index (χ4n) is 1.19. The molecule has 0 aliphatic carbocycles. The third-order valence-corrected chi connectivity index (χ3v) is 2.09. The van der Waals surface area contributed by atoms with Crippen molar-refractivity contribution in [1.82, 2.24) is 5.43 Å². The third-order valence-electron chi connectivity index (χ3n) is 2.00. The molecule has 6 heteroatoms. The van der Waals surface area contributed by atoms with Crippen LogP contribution in [0.3, 0.4) is 0 Å². The third kappa shape index (κ3) is 5.95. The highest BCUT2D eigenvalue weighted by Crippen LogP contribution is 2.02. The van der Waals surface area contributed by atoms with Crippen LogP contribution in [0, 0.1) is 0 Å². The molecule has 0 unspecified atom stereocenters. The van der Waals surface area contributed by atoms with Crippen molar-refractivity contribution in [3.8, 4) is 0 Å². The normalized spacial score (nSPS) is 10.8. The summed E-state index contributed by atoms with van der Waals surface area (Å²) in [6, 6.07) is 9.47. The molecular formula is C12H15N3O2S. The Balaban J connectivity index is 2.34. The Morgan fingerprint density at radius 1 is 1.44 bits per heavy atom. The first-order valence-electron chi connectivity index (χ1n) is 5.36. The Morgan fingerprint density at radius 2 is 2.11 bits per heavy atom. The van der Waals surface area contributed by atoms with Crippen molar-refractivity contribution in [3.05, 3.63) is 35.9 Å². The zero-order valence-corrected chi connectivity index (χ0v) is 10.9. The molecule has 0 amide bonds. The molecule has 0 aromatic heterocycles. The summed E-state index contributed by atoms with van der Waals surface area (Å²) in [5.74, 6) is -0.343. The molecule has 0 radical (unpaired) electrons. The highest BCUT2D eigenvalue weighted by molar-refractivity contribution is 7.80. The maximum atomic E-state index is 11.5. The van der Waals surface area contributed by atoms with E-state index >= 15 is 0 Å². The molecular weight excluding hydrogens is 250 g/mol. The van der Waals surface area contributed by atoms with E-state index in [0.717, 1.165) is 5.56 Å². The number of benzene rings is 1. The van der Waals surface area contributed by atoms with Gasteiger partial charge < -0.3 is 10.5 Å². The molecule has 0 fully saturated rings. The summed E-state index contributed by atoms with van der Waals surface area (Å²) in [6.45, 7) is 1.95. The second-order valence-electron chi connectivity index (χ2n) is 3.65. The highest BCUT2D eigenvalue weighted by atomic mass is 32.1. The van der Waals surface area contributed by atoms with E-state index in [1.54, 1.807) is 6.92 Å². The molecule has 1 rings (SSSR count). The van der Waals surface area contributed by atoms with E-state index in [2.05, 4.69) is 22.7 Å². The van der Waals surface area contributed by atoms with Gasteiger partial charge in [-0.05, 0) is 24.7 Å². The van der Waals surface area contributed by atoms with Crippen LogP contribution in [0.5, 0.6) is 0 Å². The second kappa shape index (κ2) is 7.39. The predicted octanol–water partition coefficient (Wildman–Crippen LogP) is 1.33. The van der Waals surface area contributed by atoms with Gasteiger partial charge >= 0.3 is 5.97 Å². The van der Waals surface area contributed by atoms with Gasteiger partial charge in [0.25, 0.3) is 0 Å². The number of hydrogen-bond acceptors (Lipinski definition) is 4. The lowest BCUT2D eigenvalue weighted by atomic mass is 10.2. The average Bonchev–Trinajstić information content (AvgIpc) is 2.35. The highest BCUT2D eigenvalue weighted by Gasteiger charge is 2.05. The van der Waals surface area contributed by atoms with Crippen molar-refractivity contribution in [2.24, 2.45) is 10.8 Å². The summed E-state index contributed by atoms with van der Waals surface area (Å²) in [4.78, 5) is 11.5. The number of hydrazone groups is 1. The first kappa shape index (κ1) is 14.1. The smallest absolute Gasteiger partial charge is 0.311 e. The zero-order chi connectivity index (χ0) is 13.4. The Kier molecular flexibility index (Phi) is 5.79. The van der Waals surface area contributed by atoms with Crippen LogP contribution >= 0.6 is 12.2 Å². The summed E-state index contributed by atoms with van der Waals surface area (Å²) < 4.78 is 5.09. The van der Waals surface area contributed by atoms with Crippen molar-refractivity contribution in [3.63, 3.8) is 0 Å². The van der Waals surface area contributed by atoms with Crippen LogP contribution in [0.4, 0.5) is 0 Å². The molecule has 0 aliphatic heterocycles. The topological polar surface area (TPSA) is 76.7 Å². The summed E-state index contributed by atoms with van der Waals surface area (Å²) in [7, 11) is 0. The molecule has 0 aliphatic rings. The van der Waals surface area contributed by atoms with E-state index in [-0.39, 0.29) is 24.1 Å². The van der Waals surface area contributed by atoms with Crippen LogP contribution in [-0.4, -0.2) is 16.8 Å². The monoisotopic (exact) mass is 265 g/mol. The van der Waals surface area contributed by atoms with E-state index < -0.39 is 0 Å². The summed E-state index contributed by atoms with van der Waals surface area (Å²) in [5, 5.41) is 3.88. The van der Waals surface area contributed by atoms with Crippen molar-refractivity contribution >= 4 is 29.0 Å². The van der Waals surface area contributed by atoms with Gasteiger partial charge in [-0.2, -0.15) is 5.10 Å². The van der Waals surface area contributed by atoms with E-state index in [4.69, 9.17) is 10.5 Å². The van der Waals surface area contributed by atoms with Crippen LogP contribution in [0.15, 0.2) is 35.4 Å². The van der Waals surface area contributed by atoms with Gasteiger partial charge in [0.15, 0.2) is 5.11 Å². The second-order valence-corrected chi connectivity index (χ2v) is 4.09. The van der Waals surface area contributed by atoms with Gasteiger partial charge in [-0.1, -0.05) is 30.3 Å². The minimum atomic E-state index is -0.343. The van der Waals surface area contributed by atoms with Crippen molar-refractivity contribution < 1.29 is 9.53 Å². The number of nitrogens with two attached hydrogens (primary N) is 1. The first-order valence-corrected chi connectivity index (χ1v) is 5.77. The Labute approximate surface area is 111 Å². The standard InChI is InChI=1S/C12H15N3O2S/c1-9(14-15-12(13)18)7-11(16)17-8-10-5-3-2-4-6-10/h2-6H,7-8H2,1H3,(H3,13,15,18)/b14-9+. The number of rotatable bonds is 5. The van der Waals surface area contributed by atoms with Gasteiger partial charge in [-0.15, -0.1) is 0 Å².